The van der Waals surface area contributed by atoms with Crippen LogP contribution in [0.1, 0.15) is 49.7 Å². The van der Waals surface area contributed by atoms with Gasteiger partial charge in [0, 0.05) is 45.7 Å². The van der Waals surface area contributed by atoms with Crippen molar-refractivity contribution in [3.63, 3.8) is 0 Å². The molecule has 0 radical (unpaired) electrons. The van der Waals surface area contributed by atoms with Crippen LogP contribution in [0.4, 0.5) is 13.2 Å². The van der Waals surface area contributed by atoms with Gasteiger partial charge in [-0.25, -0.2) is 0 Å². The van der Waals surface area contributed by atoms with Gasteiger partial charge in [0.05, 0.1) is 11.0 Å². The Hall–Kier alpha value is -2.42. The van der Waals surface area contributed by atoms with E-state index in [0.29, 0.717) is 38.5 Å². The van der Waals surface area contributed by atoms with E-state index in [4.69, 9.17) is 4.74 Å². The minimum Gasteiger partial charge on any atom is -0.384 e. The van der Waals surface area contributed by atoms with E-state index in [-0.39, 0.29) is 30.4 Å². The average molecular weight is 452 g/mol. The Morgan fingerprint density at radius 1 is 1.16 bits per heavy atom. The number of methoxy groups -OCH3 is 1. The third kappa shape index (κ3) is 4.27. The monoisotopic (exact) mass is 452 g/mol. The normalized spacial score (nSPS) is 25.0. The number of carbonyl (C=O) groups is 3. The molecule has 4 rings (SSSR count). The first-order valence-corrected chi connectivity index (χ1v) is 11.0. The number of carbonyl (C=O) groups excluding carboxylic acids is 3. The Kier molecular flexibility index (Phi) is 6.04. The van der Waals surface area contributed by atoms with Gasteiger partial charge < -0.3 is 9.64 Å². The maximum Gasteiger partial charge on any atom is 0.416 e. The number of hydrogen-bond acceptors (Lipinski definition) is 4. The quantitative estimate of drug-likeness (QED) is 0.622. The van der Waals surface area contributed by atoms with Crippen molar-refractivity contribution in [2.24, 2.45) is 5.92 Å². The largest absolute Gasteiger partial charge is 0.416 e. The predicted octanol–water partition coefficient (Wildman–Crippen LogP) is 3.14. The molecule has 3 aliphatic rings. The summed E-state index contributed by atoms with van der Waals surface area (Å²) in [5.41, 5.74) is -2.41. The molecule has 1 atom stereocenters. The van der Waals surface area contributed by atoms with Crippen molar-refractivity contribution in [2.45, 2.75) is 56.2 Å². The number of ether oxygens (including phenoxy) is 1. The number of piperidine rings is 1. The molecule has 2 saturated heterocycles. The maximum absolute atomic E-state index is 13.5. The Bertz CT molecular complexity index is 907. The van der Waals surface area contributed by atoms with Gasteiger partial charge in [0.1, 0.15) is 0 Å². The van der Waals surface area contributed by atoms with E-state index in [1.54, 1.807) is 12.0 Å². The molecule has 2 aliphatic heterocycles. The van der Waals surface area contributed by atoms with Crippen molar-refractivity contribution in [1.82, 2.24) is 9.80 Å². The zero-order chi connectivity index (χ0) is 23.1. The number of nitrogens with zero attached hydrogens (tertiary/aromatic N) is 2. The molecule has 3 amide bonds. The van der Waals surface area contributed by atoms with Gasteiger partial charge in [0.25, 0.3) is 0 Å². The molecule has 0 spiro atoms. The third-order valence-corrected chi connectivity index (χ3v) is 6.83. The zero-order valence-electron chi connectivity index (χ0n) is 18.0. The van der Waals surface area contributed by atoms with Crippen molar-refractivity contribution >= 4 is 17.7 Å². The van der Waals surface area contributed by atoms with Crippen LogP contribution in [0.15, 0.2) is 24.3 Å². The molecule has 3 fully saturated rings. The van der Waals surface area contributed by atoms with E-state index in [1.165, 1.54) is 17.0 Å². The lowest BCUT2D eigenvalue weighted by Gasteiger charge is -2.35. The fraction of sp³-hybridized carbons (Fsp3) is 0.609. The molecule has 32 heavy (non-hydrogen) atoms. The van der Waals surface area contributed by atoms with E-state index in [2.05, 4.69) is 0 Å². The molecule has 1 unspecified atom stereocenters. The minimum atomic E-state index is -4.59. The van der Waals surface area contributed by atoms with Crippen molar-refractivity contribution in [3.8, 4) is 0 Å². The first kappa shape index (κ1) is 22.8. The Labute approximate surface area is 184 Å². The van der Waals surface area contributed by atoms with Crippen molar-refractivity contribution in [3.05, 3.63) is 35.4 Å². The fourth-order valence-corrected chi connectivity index (χ4v) is 4.88. The van der Waals surface area contributed by atoms with Gasteiger partial charge >= 0.3 is 6.18 Å². The number of hydrogen-bond donors (Lipinski definition) is 0. The molecule has 0 bridgehead atoms. The molecule has 9 heteroatoms. The second kappa shape index (κ2) is 8.50. The molecule has 174 valence electrons. The lowest BCUT2D eigenvalue weighted by Crippen LogP contribution is -2.46. The van der Waals surface area contributed by atoms with Crippen molar-refractivity contribution in [2.75, 3.05) is 26.8 Å². The SMILES string of the molecule is COCC1CCN(C(=O)CC2(c3cccc(C(F)(F)F)c3)CC(=O)N(C3CC3)C2=O)CC1. The molecule has 1 aromatic carbocycles. The predicted molar refractivity (Wildman–Crippen MR) is 108 cm³/mol. The third-order valence-electron chi connectivity index (χ3n) is 6.83. The number of alkyl halides is 3. The van der Waals surface area contributed by atoms with E-state index < -0.39 is 29.0 Å². The molecule has 1 aromatic rings. The molecule has 6 nitrogen and oxygen atoms in total. The number of halogens is 3. The Morgan fingerprint density at radius 3 is 2.44 bits per heavy atom. The standard InChI is InChI=1S/C23H27F3N2O4/c1-32-14-15-7-9-27(10-8-15)19(29)12-22(13-20(30)28(21(22)31)18-5-6-18)16-3-2-4-17(11-16)23(24,25)26/h2-4,11,15,18H,5-10,12-14H2,1H3. The molecule has 1 aliphatic carbocycles. The average Bonchev–Trinajstić information content (AvgIpc) is 3.54. The van der Waals surface area contributed by atoms with E-state index in [1.807, 2.05) is 0 Å². The van der Waals surface area contributed by atoms with Gasteiger partial charge in [-0.1, -0.05) is 18.2 Å². The zero-order valence-corrected chi connectivity index (χ0v) is 18.0. The van der Waals surface area contributed by atoms with Crippen LogP contribution in [0, 0.1) is 5.92 Å². The van der Waals surface area contributed by atoms with Crippen molar-refractivity contribution in [1.29, 1.82) is 0 Å². The first-order valence-electron chi connectivity index (χ1n) is 11.0. The summed E-state index contributed by atoms with van der Waals surface area (Å²) in [6.45, 7) is 1.61. The van der Waals surface area contributed by atoms with Gasteiger partial charge in [-0.2, -0.15) is 13.2 Å². The van der Waals surface area contributed by atoms with Gasteiger partial charge in [-0.05, 0) is 43.2 Å². The summed E-state index contributed by atoms with van der Waals surface area (Å²) in [6, 6.07) is 4.30. The van der Waals surface area contributed by atoms with E-state index in [9.17, 15) is 27.6 Å². The second-order valence-corrected chi connectivity index (χ2v) is 9.09. The number of benzene rings is 1. The topological polar surface area (TPSA) is 66.9 Å². The van der Waals surface area contributed by atoms with Gasteiger partial charge in [0.2, 0.25) is 17.7 Å². The van der Waals surface area contributed by atoms with Crippen LogP contribution in [0.5, 0.6) is 0 Å². The van der Waals surface area contributed by atoms with Crippen LogP contribution in [-0.4, -0.2) is 60.4 Å². The van der Waals surface area contributed by atoms with E-state index in [0.717, 1.165) is 25.0 Å². The molecular weight excluding hydrogens is 425 g/mol. The van der Waals surface area contributed by atoms with Gasteiger partial charge in [-0.15, -0.1) is 0 Å². The number of amides is 3. The minimum absolute atomic E-state index is 0.0800. The summed E-state index contributed by atoms with van der Waals surface area (Å²) in [5.74, 6) is -0.924. The van der Waals surface area contributed by atoms with Crippen LogP contribution >= 0.6 is 0 Å². The van der Waals surface area contributed by atoms with E-state index >= 15 is 0 Å². The summed E-state index contributed by atoms with van der Waals surface area (Å²) in [4.78, 5) is 42.3. The second-order valence-electron chi connectivity index (χ2n) is 9.09. The molecule has 2 heterocycles. The number of imide groups is 1. The van der Waals surface area contributed by atoms with Gasteiger partial charge in [-0.3, -0.25) is 19.3 Å². The molecule has 0 aromatic heterocycles. The Morgan fingerprint density at radius 2 is 1.84 bits per heavy atom. The van der Waals surface area contributed by atoms with Crippen LogP contribution in [-0.2, 0) is 30.7 Å². The highest BCUT2D eigenvalue weighted by Gasteiger charge is 2.57. The highest BCUT2D eigenvalue weighted by molar-refractivity contribution is 6.11. The van der Waals surface area contributed by atoms with Crippen LogP contribution < -0.4 is 0 Å². The smallest absolute Gasteiger partial charge is 0.384 e. The number of rotatable bonds is 6. The van der Waals surface area contributed by atoms with Crippen LogP contribution in [0.25, 0.3) is 0 Å². The summed E-state index contributed by atoms with van der Waals surface area (Å²) in [6.07, 6.45) is -2.28. The van der Waals surface area contributed by atoms with Crippen molar-refractivity contribution < 1.29 is 32.3 Å². The summed E-state index contributed by atoms with van der Waals surface area (Å²) >= 11 is 0. The van der Waals surface area contributed by atoms with Gasteiger partial charge in [0.15, 0.2) is 0 Å². The first-order chi connectivity index (χ1) is 15.2. The fourth-order valence-electron chi connectivity index (χ4n) is 4.88. The maximum atomic E-state index is 13.5. The Balaban J connectivity index is 1.63. The summed E-state index contributed by atoms with van der Waals surface area (Å²) in [7, 11) is 1.63. The van der Waals surface area contributed by atoms with Crippen LogP contribution in [0.3, 0.4) is 0 Å². The molecular formula is C23H27F3N2O4. The lowest BCUT2D eigenvalue weighted by atomic mass is 9.75. The summed E-state index contributed by atoms with van der Waals surface area (Å²) < 4.78 is 45.3. The highest BCUT2D eigenvalue weighted by atomic mass is 19.4. The van der Waals surface area contributed by atoms with Crippen LogP contribution in [0.2, 0.25) is 0 Å². The number of likely N-dealkylation sites (tertiary alicyclic amines) is 2. The molecule has 1 saturated carbocycles. The lowest BCUT2D eigenvalue weighted by molar-refractivity contribution is -0.144. The summed E-state index contributed by atoms with van der Waals surface area (Å²) in [5, 5.41) is 0. The molecule has 0 N–H and O–H groups in total. The highest BCUT2D eigenvalue weighted by Crippen LogP contribution is 2.45.